The summed E-state index contributed by atoms with van der Waals surface area (Å²) >= 11 is 7.32. The Morgan fingerprint density at radius 2 is 2.04 bits per heavy atom. The van der Waals surface area contributed by atoms with E-state index >= 15 is 0 Å². The van der Waals surface area contributed by atoms with Crippen molar-refractivity contribution in [3.05, 3.63) is 64.0 Å². The molecule has 1 aliphatic rings. The summed E-state index contributed by atoms with van der Waals surface area (Å²) in [6, 6.07) is 14.3. The second-order valence-electron chi connectivity index (χ2n) is 5.64. The minimum atomic E-state index is -0.591. The van der Waals surface area contributed by atoms with Crippen molar-refractivity contribution in [1.29, 1.82) is 0 Å². The number of para-hydroxylation sites is 1. The molecule has 6 nitrogen and oxygen atoms in total. The van der Waals surface area contributed by atoms with Gasteiger partial charge in [-0.2, -0.15) is 0 Å². The highest BCUT2D eigenvalue weighted by atomic mass is 35.5. The number of hydrogen-bond acceptors (Lipinski definition) is 5. The predicted molar refractivity (Wildman–Crippen MR) is 108 cm³/mol. The third-order valence-electron chi connectivity index (χ3n) is 3.61. The molecule has 3 rings (SSSR count). The minimum Gasteiger partial charge on any atom is -0.483 e. The molecule has 1 saturated heterocycles. The van der Waals surface area contributed by atoms with Gasteiger partial charge in [0.1, 0.15) is 5.75 Å². The molecule has 2 amide bonds. The number of carbonyl (C=O) groups is 2. The Hall–Kier alpha value is -2.77. The second-order valence-corrected chi connectivity index (χ2v) is 7.09. The van der Waals surface area contributed by atoms with Crippen LogP contribution < -0.4 is 10.5 Å². The molecule has 1 heterocycles. The van der Waals surface area contributed by atoms with Crippen molar-refractivity contribution >= 4 is 52.1 Å². The molecule has 0 aliphatic carbocycles. The summed E-state index contributed by atoms with van der Waals surface area (Å²) < 4.78 is 5.41. The molecular formula is C19H16ClN3O3S. The van der Waals surface area contributed by atoms with E-state index in [0.717, 1.165) is 5.69 Å². The lowest BCUT2D eigenvalue weighted by atomic mass is 10.2. The number of nitrogens with zero attached hydrogens (tertiary/aromatic N) is 2. The number of benzene rings is 2. The van der Waals surface area contributed by atoms with Gasteiger partial charge in [0.05, 0.1) is 10.6 Å². The number of hydrogen-bond donors (Lipinski definition) is 1. The van der Waals surface area contributed by atoms with Crippen molar-refractivity contribution in [2.45, 2.75) is 0 Å². The van der Waals surface area contributed by atoms with Crippen LogP contribution in [0.3, 0.4) is 0 Å². The molecule has 2 aromatic carbocycles. The summed E-state index contributed by atoms with van der Waals surface area (Å²) in [6.07, 6.45) is 1.67. The van der Waals surface area contributed by atoms with Gasteiger partial charge in [0.25, 0.3) is 11.8 Å². The van der Waals surface area contributed by atoms with Gasteiger partial charge in [0.2, 0.25) is 0 Å². The first-order chi connectivity index (χ1) is 12.9. The predicted octanol–water partition coefficient (Wildman–Crippen LogP) is 3.44. The van der Waals surface area contributed by atoms with E-state index in [0.29, 0.717) is 26.4 Å². The molecule has 2 aromatic rings. The fraction of sp³-hybridized carbons (Fsp3) is 0.105. The van der Waals surface area contributed by atoms with Gasteiger partial charge in [0, 0.05) is 17.6 Å². The van der Waals surface area contributed by atoms with E-state index in [9.17, 15) is 9.59 Å². The van der Waals surface area contributed by atoms with Gasteiger partial charge in [-0.25, -0.2) is 4.99 Å². The van der Waals surface area contributed by atoms with Gasteiger partial charge >= 0.3 is 0 Å². The Kier molecular flexibility index (Phi) is 5.83. The Morgan fingerprint density at radius 1 is 1.30 bits per heavy atom. The number of thioether (sulfide) groups is 1. The summed E-state index contributed by atoms with van der Waals surface area (Å²) in [7, 11) is 1.67. The average Bonchev–Trinajstić information content (AvgIpc) is 2.90. The normalized spacial score (nSPS) is 17.0. The van der Waals surface area contributed by atoms with E-state index in [1.807, 2.05) is 30.3 Å². The van der Waals surface area contributed by atoms with Crippen molar-refractivity contribution in [2.24, 2.45) is 10.7 Å². The average molecular weight is 402 g/mol. The Labute approximate surface area is 165 Å². The number of amides is 2. The zero-order chi connectivity index (χ0) is 19.4. The van der Waals surface area contributed by atoms with Crippen LogP contribution in [0.1, 0.15) is 5.56 Å². The molecule has 0 bridgehead atoms. The fourth-order valence-electron chi connectivity index (χ4n) is 2.32. The number of carbonyl (C=O) groups excluding carboxylic acids is 2. The number of amidine groups is 1. The highest BCUT2D eigenvalue weighted by Gasteiger charge is 2.30. The highest BCUT2D eigenvalue weighted by molar-refractivity contribution is 8.18. The molecule has 27 heavy (non-hydrogen) atoms. The molecule has 2 N–H and O–H groups in total. The van der Waals surface area contributed by atoms with Gasteiger partial charge in [-0.15, -0.1) is 0 Å². The number of likely N-dealkylation sites (N-methyl/N-ethyl adjacent to an activating group) is 1. The summed E-state index contributed by atoms with van der Waals surface area (Å²) in [5, 5.41) is 1.05. The first-order valence-electron chi connectivity index (χ1n) is 7.96. The molecule has 0 atom stereocenters. The van der Waals surface area contributed by atoms with Crippen molar-refractivity contribution in [3.8, 4) is 5.75 Å². The van der Waals surface area contributed by atoms with Crippen molar-refractivity contribution < 1.29 is 14.3 Å². The molecular weight excluding hydrogens is 386 g/mol. The first kappa shape index (κ1) is 19.0. The second kappa shape index (κ2) is 8.28. The van der Waals surface area contributed by atoms with E-state index in [-0.39, 0.29) is 12.5 Å². The van der Waals surface area contributed by atoms with Crippen LogP contribution >= 0.6 is 23.4 Å². The maximum atomic E-state index is 12.6. The van der Waals surface area contributed by atoms with Crippen LogP contribution in [0.2, 0.25) is 5.02 Å². The minimum absolute atomic E-state index is 0.185. The zero-order valence-electron chi connectivity index (χ0n) is 14.4. The molecule has 0 spiro atoms. The third kappa shape index (κ3) is 4.69. The lowest BCUT2D eigenvalue weighted by Crippen LogP contribution is -2.23. The summed E-state index contributed by atoms with van der Waals surface area (Å²) in [4.78, 5) is 30.0. The van der Waals surface area contributed by atoms with Crippen LogP contribution in [0.15, 0.2) is 58.4 Å². The maximum absolute atomic E-state index is 12.6. The van der Waals surface area contributed by atoms with Gasteiger partial charge < -0.3 is 10.5 Å². The largest absolute Gasteiger partial charge is 0.483 e. The Bertz CT molecular complexity index is 944. The van der Waals surface area contributed by atoms with Gasteiger partial charge in [0.15, 0.2) is 11.8 Å². The number of ether oxygens (including phenoxy) is 1. The van der Waals surface area contributed by atoms with Crippen LogP contribution in [0.4, 0.5) is 5.69 Å². The van der Waals surface area contributed by atoms with Crippen LogP contribution in [-0.4, -0.2) is 35.5 Å². The van der Waals surface area contributed by atoms with E-state index in [4.69, 9.17) is 22.1 Å². The SMILES string of the molecule is CN1C(=O)/C(=C\c2cc(Cl)ccc2OCC(N)=O)SC1=Nc1ccccc1. The quantitative estimate of drug-likeness (QED) is 0.777. The lowest BCUT2D eigenvalue weighted by molar-refractivity contribution is -0.121. The smallest absolute Gasteiger partial charge is 0.266 e. The standard InChI is InChI=1S/C19H16ClN3O3S/c1-23-18(25)16(27-19(23)22-14-5-3-2-4-6-14)10-12-9-13(20)7-8-15(12)26-11-17(21)24/h2-10H,11H2,1H3,(H2,21,24)/b16-10+,22-19?. The molecule has 1 aliphatic heterocycles. The summed E-state index contributed by atoms with van der Waals surface area (Å²) in [5.74, 6) is -0.363. The Balaban J connectivity index is 1.91. The van der Waals surface area contributed by atoms with E-state index < -0.39 is 5.91 Å². The van der Waals surface area contributed by atoms with Gasteiger partial charge in [-0.1, -0.05) is 29.8 Å². The third-order valence-corrected chi connectivity index (χ3v) is 4.91. The van der Waals surface area contributed by atoms with Gasteiger partial charge in [-0.05, 0) is 48.2 Å². The molecule has 0 unspecified atom stereocenters. The van der Waals surface area contributed by atoms with Crippen LogP contribution in [0.25, 0.3) is 6.08 Å². The monoisotopic (exact) mass is 401 g/mol. The maximum Gasteiger partial charge on any atom is 0.266 e. The number of aliphatic imine (C=N–C) groups is 1. The van der Waals surface area contributed by atoms with Crippen molar-refractivity contribution in [3.63, 3.8) is 0 Å². The van der Waals surface area contributed by atoms with Crippen LogP contribution in [0.5, 0.6) is 5.75 Å². The van der Waals surface area contributed by atoms with Crippen molar-refractivity contribution in [2.75, 3.05) is 13.7 Å². The van der Waals surface area contributed by atoms with E-state index in [2.05, 4.69) is 4.99 Å². The van der Waals surface area contributed by atoms with E-state index in [1.165, 1.54) is 16.7 Å². The fourth-order valence-corrected chi connectivity index (χ4v) is 3.48. The molecule has 0 saturated carbocycles. The summed E-state index contributed by atoms with van der Waals surface area (Å²) in [5.41, 5.74) is 6.47. The highest BCUT2D eigenvalue weighted by Crippen LogP contribution is 2.35. The zero-order valence-corrected chi connectivity index (χ0v) is 16.0. The van der Waals surface area contributed by atoms with E-state index in [1.54, 1.807) is 31.3 Å². The molecule has 1 fully saturated rings. The molecule has 0 radical (unpaired) electrons. The topological polar surface area (TPSA) is 85.0 Å². The van der Waals surface area contributed by atoms with Gasteiger partial charge in [-0.3, -0.25) is 14.5 Å². The Morgan fingerprint density at radius 3 is 2.74 bits per heavy atom. The molecule has 8 heteroatoms. The van der Waals surface area contributed by atoms with Crippen LogP contribution in [-0.2, 0) is 9.59 Å². The molecule has 0 aromatic heterocycles. The summed E-state index contributed by atoms with van der Waals surface area (Å²) in [6.45, 7) is -0.264. The number of halogens is 1. The number of primary amides is 1. The number of nitrogens with two attached hydrogens (primary N) is 1. The van der Waals surface area contributed by atoms with Crippen molar-refractivity contribution in [1.82, 2.24) is 4.90 Å². The molecule has 138 valence electrons. The first-order valence-corrected chi connectivity index (χ1v) is 9.15. The lowest BCUT2D eigenvalue weighted by Gasteiger charge is -2.08. The van der Waals surface area contributed by atoms with Crippen LogP contribution in [0, 0.1) is 0 Å². The number of rotatable bonds is 5.